The summed E-state index contributed by atoms with van der Waals surface area (Å²) < 4.78 is 2.36. The molecule has 0 bridgehead atoms. The minimum atomic E-state index is 0.151. The Labute approximate surface area is 110 Å². The van der Waals surface area contributed by atoms with E-state index in [-0.39, 0.29) is 5.54 Å². The average Bonchev–Trinajstić information content (AvgIpc) is 2.73. The quantitative estimate of drug-likeness (QED) is 0.891. The summed E-state index contributed by atoms with van der Waals surface area (Å²) in [6.07, 6.45) is 6.53. The third-order valence-corrected chi connectivity index (χ3v) is 3.54. The first-order valence-corrected chi connectivity index (χ1v) is 6.90. The van der Waals surface area contributed by atoms with Gasteiger partial charge in [0.25, 0.3) is 0 Å². The van der Waals surface area contributed by atoms with Gasteiger partial charge in [0.05, 0.1) is 12.0 Å². The first-order chi connectivity index (χ1) is 8.46. The van der Waals surface area contributed by atoms with E-state index in [0.29, 0.717) is 6.04 Å². The largest absolute Gasteiger partial charge is 0.329 e. The summed E-state index contributed by atoms with van der Waals surface area (Å²) in [5, 5.41) is 3.54. The minimum Gasteiger partial charge on any atom is -0.329 e. The lowest BCUT2D eigenvalue weighted by molar-refractivity contribution is 0.209. The van der Waals surface area contributed by atoms with E-state index in [1.54, 1.807) is 0 Å². The van der Waals surface area contributed by atoms with E-state index < -0.39 is 0 Å². The molecule has 1 aromatic rings. The molecule has 0 aliphatic carbocycles. The fraction of sp³-hybridized carbons (Fsp3) is 0.786. The van der Waals surface area contributed by atoms with Crippen molar-refractivity contribution in [2.24, 2.45) is 0 Å². The van der Waals surface area contributed by atoms with E-state index in [1.807, 2.05) is 12.5 Å². The second kappa shape index (κ2) is 5.41. The van der Waals surface area contributed by atoms with Crippen LogP contribution < -0.4 is 5.32 Å². The van der Waals surface area contributed by atoms with Crippen molar-refractivity contribution in [3.63, 3.8) is 0 Å². The second-order valence-electron chi connectivity index (χ2n) is 6.45. The van der Waals surface area contributed by atoms with Crippen molar-refractivity contribution in [1.29, 1.82) is 0 Å². The van der Waals surface area contributed by atoms with Crippen LogP contribution in [0.5, 0.6) is 0 Å². The molecule has 1 aliphatic rings. The summed E-state index contributed by atoms with van der Waals surface area (Å²) in [6.45, 7) is 9.84. The number of rotatable bonds is 3. The Morgan fingerprint density at radius 1 is 1.44 bits per heavy atom. The third kappa shape index (κ3) is 3.56. The van der Waals surface area contributed by atoms with Gasteiger partial charge in [-0.1, -0.05) is 0 Å². The van der Waals surface area contributed by atoms with Gasteiger partial charge in [-0.3, -0.25) is 0 Å². The van der Waals surface area contributed by atoms with Crippen molar-refractivity contribution in [3.05, 3.63) is 18.2 Å². The highest BCUT2D eigenvalue weighted by Crippen LogP contribution is 2.22. The number of hydrogen-bond acceptors (Lipinski definition) is 3. The number of likely N-dealkylation sites (N-methyl/N-ethyl adjacent to an activating group) is 1. The highest BCUT2D eigenvalue weighted by Gasteiger charge is 2.20. The van der Waals surface area contributed by atoms with Crippen molar-refractivity contribution in [2.75, 3.05) is 20.1 Å². The Hall–Kier alpha value is -0.870. The van der Waals surface area contributed by atoms with Gasteiger partial charge in [-0.15, -0.1) is 0 Å². The maximum absolute atomic E-state index is 4.33. The van der Waals surface area contributed by atoms with E-state index in [2.05, 4.69) is 47.6 Å². The molecule has 0 aromatic carbocycles. The summed E-state index contributed by atoms with van der Waals surface area (Å²) >= 11 is 0. The first kappa shape index (κ1) is 13.6. The molecule has 2 rings (SSSR count). The zero-order chi connectivity index (χ0) is 13.2. The number of piperidine rings is 1. The number of likely N-dealkylation sites (tertiary alicyclic amines) is 1. The van der Waals surface area contributed by atoms with Crippen molar-refractivity contribution >= 4 is 0 Å². The third-order valence-electron chi connectivity index (χ3n) is 3.54. The van der Waals surface area contributed by atoms with Crippen LogP contribution in [-0.4, -0.2) is 40.1 Å². The monoisotopic (exact) mass is 250 g/mol. The average molecular weight is 250 g/mol. The molecule has 1 atom stereocenters. The fourth-order valence-corrected chi connectivity index (χ4v) is 2.52. The molecule has 1 fully saturated rings. The van der Waals surface area contributed by atoms with Crippen molar-refractivity contribution in [3.8, 4) is 0 Å². The molecule has 0 amide bonds. The van der Waals surface area contributed by atoms with Crippen LogP contribution in [-0.2, 0) is 6.54 Å². The summed E-state index contributed by atoms with van der Waals surface area (Å²) in [5.41, 5.74) is 1.45. The molecule has 0 radical (unpaired) electrons. The molecule has 1 aromatic heterocycles. The lowest BCUT2D eigenvalue weighted by Crippen LogP contribution is -2.37. The molecule has 0 spiro atoms. The highest BCUT2D eigenvalue weighted by molar-refractivity contribution is 5.02. The predicted molar refractivity (Wildman–Crippen MR) is 74.6 cm³/mol. The number of aromatic nitrogens is 2. The van der Waals surface area contributed by atoms with Crippen LogP contribution in [0.15, 0.2) is 12.5 Å². The summed E-state index contributed by atoms with van der Waals surface area (Å²) in [7, 11) is 2.20. The summed E-state index contributed by atoms with van der Waals surface area (Å²) in [6, 6.07) is 0.586. The van der Waals surface area contributed by atoms with E-state index in [1.165, 1.54) is 25.1 Å². The topological polar surface area (TPSA) is 33.1 Å². The lowest BCUT2D eigenvalue weighted by Gasteiger charge is -2.32. The van der Waals surface area contributed by atoms with Gasteiger partial charge in [0.2, 0.25) is 0 Å². The zero-order valence-corrected chi connectivity index (χ0v) is 12.1. The SMILES string of the molecule is CN1CCCC(n2cncc2CNC(C)(C)C)C1. The minimum absolute atomic E-state index is 0.151. The standard InChI is InChI=1S/C14H26N4/c1-14(2,3)16-9-13-8-15-11-18(13)12-6-5-7-17(4)10-12/h8,11-12,16H,5-7,9-10H2,1-4H3. The van der Waals surface area contributed by atoms with E-state index >= 15 is 0 Å². The maximum Gasteiger partial charge on any atom is 0.0951 e. The lowest BCUT2D eigenvalue weighted by atomic mass is 10.1. The number of nitrogens with one attached hydrogen (secondary N) is 1. The Bertz CT molecular complexity index is 377. The van der Waals surface area contributed by atoms with Crippen molar-refractivity contribution < 1.29 is 0 Å². The second-order valence-corrected chi connectivity index (χ2v) is 6.45. The van der Waals surface area contributed by atoms with Crippen molar-refractivity contribution in [2.45, 2.75) is 51.7 Å². The summed E-state index contributed by atoms with van der Waals surface area (Å²) in [4.78, 5) is 6.74. The highest BCUT2D eigenvalue weighted by atomic mass is 15.2. The number of nitrogens with zero attached hydrogens (tertiary/aromatic N) is 3. The Kier molecular flexibility index (Phi) is 4.07. The Balaban J connectivity index is 2.02. The number of hydrogen-bond donors (Lipinski definition) is 1. The molecule has 4 nitrogen and oxygen atoms in total. The van der Waals surface area contributed by atoms with Gasteiger partial charge in [0.15, 0.2) is 0 Å². The zero-order valence-electron chi connectivity index (χ0n) is 12.1. The maximum atomic E-state index is 4.33. The van der Waals surface area contributed by atoms with Gasteiger partial charge in [-0.25, -0.2) is 4.98 Å². The smallest absolute Gasteiger partial charge is 0.0951 e. The molecular formula is C14H26N4. The van der Waals surface area contributed by atoms with Crippen LogP contribution in [0.1, 0.15) is 45.3 Å². The predicted octanol–water partition coefficient (Wildman–Crippen LogP) is 2.04. The Morgan fingerprint density at radius 2 is 2.22 bits per heavy atom. The van der Waals surface area contributed by atoms with Gasteiger partial charge >= 0.3 is 0 Å². The van der Waals surface area contributed by atoms with Crippen LogP contribution in [0.3, 0.4) is 0 Å². The molecule has 1 unspecified atom stereocenters. The molecule has 1 aliphatic heterocycles. The van der Waals surface area contributed by atoms with Crippen molar-refractivity contribution in [1.82, 2.24) is 19.8 Å². The molecule has 1 saturated heterocycles. The molecule has 0 saturated carbocycles. The molecule has 2 heterocycles. The van der Waals surface area contributed by atoms with Gasteiger partial charge in [0.1, 0.15) is 0 Å². The normalized spacial score (nSPS) is 22.3. The molecular weight excluding hydrogens is 224 g/mol. The van der Waals surface area contributed by atoms with E-state index in [9.17, 15) is 0 Å². The Morgan fingerprint density at radius 3 is 2.89 bits per heavy atom. The van der Waals surface area contributed by atoms with Gasteiger partial charge in [-0.05, 0) is 47.2 Å². The van der Waals surface area contributed by atoms with E-state index in [0.717, 1.165) is 13.1 Å². The fourth-order valence-electron chi connectivity index (χ4n) is 2.52. The molecule has 4 heteroatoms. The van der Waals surface area contributed by atoms with Crippen LogP contribution in [0.2, 0.25) is 0 Å². The molecule has 1 N–H and O–H groups in total. The van der Waals surface area contributed by atoms with Crippen LogP contribution in [0.4, 0.5) is 0 Å². The molecule has 18 heavy (non-hydrogen) atoms. The van der Waals surface area contributed by atoms with E-state index in [4.69, 9.17) is 0 Å². The van der Waals surface area contributed by atoms with Gasteiger partial charge in [0, 0.05) is 30.9 Å². The van der Waals surface area contributed by atoms with Crippen LogP contribution in [0.25, 0.3) is 0 Å². The van der Waals surface area contributed by atoms with Gasteiger partial charge in [-0.2, -0.15) is 0 Å². The van der Waals surface area contributed by atoms with Crippen LogP contribution >= 0.6 is 0 Å². The first-order valence-electron chi connectivity index (χ1n) is 6.90. The summed E-state index contributed by atoms with van der Waals surface area (Å²) in [5.74, 6) is 0. The van der Waals surface area contributed by atoms with Crippen LogP contribution in [0, 0.1) is 0 Å². The molecule has 102 valence electrons. The van der Waals surface area contributed by atoms with Gasteiger partial charge < -0.3 is 14.8 Å². The number of imidazole rings is 1.